The number of carbonyl (C=O) groups excluding carboxylic acids is 3. The van der Waals surface area contributed by atoms with Gasteiger partial charge < -0.3 is 14.5 Å². The monoisotopic (exact) mass is 403 g/mol. The molecule has 3 amide bonds. The van der Waals surface area contributed by atoms with Crippen molar-refractivity contribution in [2.45, 2.75) is 37.7 Å². The van der Waals surface area contributed by atoms with Gasteiger partial charge in [-0.1, -0.05) is 30.3 Å². The minimum atomic E-state index is -0.725. The number of benzene rings is 1. The number of hydrogen-bond acceptors (Lipinski definition) is 5. The summed E-state index contributed by atoms with van der Waals surface area (Å²) in [5.74, 6) is -1.62. The van der Waals surface area contributed by atoms with Crippen LogP contribution in [-0.4, -0.2) is 66.2 Å². The highest BCUT2D eigenvalue weighted by Gasteiger charge is 2.43. The highest BCUT2D eigenvalue weighted by atomic mass is 16.6. The molecule has 8 heteroatoms. The Morgan fingerprint density at radius 1 is 1.10 bits per heavy atom. The summed E-state index contributed by atoms with van der Waals surface area (Å²) in [6.07, 6.45) is 1.14. The third kappa shape index (κ3) is 4.87. The van der Waals surface area contributed by atoms with Crippen LogP contribution < -0.4 is 5.48 Å². The molecule has 0 spiro atoms. The number of ether oxygens (including phenoxy) is 1. The minimum absolute atomic E-state index is 0.0607. The largest absolute Gasteiger partial charge is 0.446 e. The summed E-state index contributed by atoms with van der Waals surface area (Å²) in [6.45, 7) is 1.28. The van der Waals surface area contributed by atoms with Gasteiger partial charge in [-0.05, 0) is 31.2 Å². The second kappa shape index (κ2) is 9.26. The van der Waals surface area contributed by atoms with Gasteiger partial charge in [-0.3, -0.25) is 14.8 Å². The van der Waals surface area contributed by atoms with E-state index in [4.69, 9.17) is 9.94 Å². The van der Waals surface area contributed by atoms with Gasteiger partial charge in [0.05, 0.1) is 11.8 Å². The number of hydroxylamine groups is 1. The normalized spacial score (nSPS) is 26.7. The Bertz CT molecular complexity index is 739. The lowest BCUT2D eigenvalue weighted by Gasteiger charge is -2.35. The Labute approximate surface area is 170 Å². The smallest absolute Gasteiger partial charge is 0.409 e. The van der Waals surface area contributed by atoms with Crippen LogP contribution in [0.1, 0.15) is 37.2 Å². The molecular weight excluding hydrogens is 374 g/mol. The fourth-order valence-corrected chi connectivity index (χ4v) is 4.35. The maximum Gasteiger partial charge on any atom is 0.409 e. The predicted molar refractivity (Wildman–Crippen MR) is 105 cm³/mol. The van der Waals surface area contributed by atoms with Crippen molar-refractivity contribution < 1.29 is 24.3 Å². The van der Waals surface area contributed by atoms with Crippen molar-refractivity contribution in [1.82, 2.24) is 15.3 Å². The molecular formula is C21H29N3O5. The molecule has 4 atom stereocenters. The van der Waals surface area contributed by atoms with E-state index in [2.05, 4.69) is 12.1 Å². The highest BCUT2D eigenvalue weighted by Crippen LogP contribution is 2.36. The number of nitrogens with one attached hydrogen (secondary N) is 1. The molecule has 0 aromatic heterocycles. The molecule has 158 valence electrons. The zero-order chi connectivity index (χ0) is 21.0. The number of carbonyl (C=O) groups is 3. The highest BCUT2D eigenvalue weighted by molar-refractivity contribution is 5.87. The van der Waals surface area contributed by atoms with Crippen LogP contribution in [0, 0.1) is 11.8 Å². The molecule has 1 saturated heterocycles. The Hall–Kier alpha value is -2.61. The van der Waals surface area contributed by atoms with Crippen LogP contribution in [0.3, 0.4) is 0 Å². The van der Waals surface area contributed by atoms with Gasteiger partial charge in [0, 0.05) is 33.1 Å². The maximum atomic E-state index is 13.2. The Kier molecular flexibility index (Phi) is 6.74. The van der Waals surface area contributed by atoms with E-state index in [0.717, 1.165) is 6.42 Å². The van der Waals surface area contributed by atoms with Gasteiger partial charge >= 0.3 is 6.09 Å². The van der Waals surface area contributed by atoms with Crippen LogP contribution in [0.5, 0.6) is 0 Å². The fraction of sp³-hybridized carbons (Fsp3) is 0.571. The first kappa shape index (κ1) is 21.1. The lowest BCUT2D eigenvalue weighted by Crippen LogP contribution is -2.47. The molecule has 1 saturated carbocycles. The average Bonchev–Trinajstić information content (AvgIpc) is 3.23. The van der Waals surface area contributed by atoms with Crippen molar-refractivity contribution in [1.29, 1.82) is 0 Å². The first-order valence-electron chi connectivity index (χ1n) is 10.1. The molecule has 1 heterocycles. The van der Waals surface area contributed by atoms with Crippen molar-refractivity contribution in [3.05, 3.63) is 35.9 Å². The standard InChI is InChI=1S/C21H29N3O5/c1-23(2)21(27)29-16-8-9-17(18(12-16)19(25)22-28)20(26)24-11-10-15(13-24)14-6-4-3-5-7-14/h3-7,15-18,28H,8-13H2,1-2H3,(H,22,25)/t15-,16+,17-,18-/m0/s1. The molecule has 3 rings (SSSR count). The van der Waals surface area contributed by atoms with Crippen LogP contribution in [0.2, 0.25) is 0 Å². The molecule has 0 bridgehead atoms. The molecule has 29 heavy (non-hydrogen) atoms. The van der Waals surface area contributed by atoms with E-state index < -0.39 is 29.9 Å². The molecule has 1 aliphatic heterocycles. The third-order valence-corrected chi connectivity index (χ3v) is 5.97. The lowest BCUT2D eigenvalue weighted by molar-refractivity contribution is -0.148. The number of likely N-dealkylation sites (tertiary alicyclic amines) is 1. The van der Waals surface area contributed by atoms with Crippen molar-refractivity contribution in [3.63, 3.8) is 0 Å². The summed E-state index contributed by atoms with van der Waals surface area (Å²) in [4.78, 5) is 40.4. The third-order valence-electron chi connectivity index (χ3n) is 5.97. The first-order valence-corrected chi connectivity index (χ1v) is 10.1. The number of rotatable bonds is 4. The Morgan fingerprint density at radius 3 is 2.48 bits per heavy atom. The van der Waals surface area contributed by atoms with Gasteiger partial charge in [0.15, 0.2) is 0 Å². The number of amides is 3. The first-order chi connectivity index (χ1) is 13.9. The van der Waals surface area contributed by atoms with Crippen LogP contribution in [0.15, 0.2) is 30.3 Å². The summed E-state index contributed by atoms with van der Waals surface area (Å²) >= 11 is 0. The second-order valence-corrected chi connectivity index (χ2v) is 8.08. The Morgan fingerprint density at radius 2 is 1.83 bits per heavy atom. The molecule has 0 unspecified atom stereocenters. The molecule has 8 nitrogen and oxygen atoms in total. The molecule has 2 N–H and O–H groups in total. The van der Waals surface area contributed by atoms with Crippen molar-refractivity contribution in [2.75, 3.05) is 27.2 Å². The van der Waals surface area contributed by atoms with Gasteiger partial charge in [0.1, 0.15) is 6.10 Å². The summed E-state index contributed by atoms with van der Waals surface area (Å²) in [7, 11) is 3.18. The van der Waals surface area contributed by atoms with Gasteiger partial charge in [-0.25, -0.2) is 10.3 Å². The van der Waals surface area contributed by atoms with Crippen LogP contribution in [0.4, 0.5) is 4.79 Å². The average molecular weight is 403 g/mol. The van der Waals surface area contributed by atoms with Crippen LogP contribution in [0.25, 0.3) is 0 Å². The van der Waals surface area contributed by atoms with E-state index in [9.17, 15) is 14.4 Å². The van der Waals surface area contributed by atoms with E-state index >= 15 is 0 Å². The molecule has 1 aromatic rings. The molecule has 1 aliphatic carbocycles. The second-order valence-electron chi connectivity index (χ2n) is 8.08. The lowest BCUT2D eigenvalue weighted by atomic mass is 9.76. The Balaban J connectivity index is 1.66. The summed E-state index contributed by atoms with van der Waals surface area (Å²) in [6, 6.07) is 10.1. The zero-order valence-electron chi connectivity index (χ0n) is 16.9. The van der Waals surface area contributed by atoms with Crippen molar-refractivity contribution >= 4 is 17.9 Å². The van der Waals surface area contributed by atoms with E-state index in [0.29, 0.717) is 31.8 Å². The summed E-state index contributed by atoms with van der Waals surface area (Å²) < 4.78 is 5.41. The predicted octanol–water partition coefficient (Wildman–Crippen LogP) is 1.99. The van der Waals surface area contributed by atoms with Crippen molar-refractivity contribution in [2.24, 2.45) is 11.8 Å². The maximum absolute atomic E-state index is 13.2. The van der Waals surface area contributed by atoms with Crippen LogP contribution in [-0.2, 0) is 14.3 Å². The van der Waals surface area contributed by atoms with E-state index in [1.54, 1.807) is 19.6 Å². The fourth-order valence-electron chi connectivity index (χ4n) is 4.35. The number of nitrogens with zero attached hydrogens (tertiary/aromatic N) is 2. The zero-order valence-corrected chi connectivity index (χ0v) is 16.9. The van der Waals surface area contributed by atoms with E-state index in [1.807, 2.05) is 23.1 Å². The molecule has 0 radical (unpaired) electrons. The quantitative estimate of drug-likeness (QED) is 0.592. The minimum Gasteiger partial charge on any atom is -0.446 e. The van der Waals surface area contributed by atoms with E-state index in [-0.39, 0.29) is 12.3 Å². The van der Waals surface area contributed by atoms with Gasteiger partial charge in [-0.15, -0.1) is 0 Å². The topological polar surface area (TPSA) is 99.2 Å². The van der Waals surface area contributed by atoms with Gasteiger partial charge in [-0.2, -0.15) is 0 Å². The summed E-state index contributed by atoms with van der Waals surface area (Å²) in [5, 5.41) is 9.16. The molecule has 2 fully saturated rings. The molecule has 1 aromatic carbocycles. The van der Waals surface area contributed by atoms with Crippen molar-refractivity contribution in [3.8, 4) is 0 Å². The van der Waals surface area contributed by atoms with Gasteiger partial charge in [0.25, 0.3) is 0 Å². The molecule has 2 aliphatic rings. The van der Waals surface area contributed by atoms with Gasteiger partial charge in [0.2, 0.25) is 11.8 Å². The summed E-state index contributed by atoms with van der Waals surface area (Å²) in [5.41, 5.74) is 2.90. The number of hydrogen-bond donors (Lipinski definition) is 2. The van der Waals surface area contributed by atoms with E-state index in [1.165, 1.54) is 10.5 Å². The van der Waals surface area contributed by atoms with Crippen LogP contribution >= 0.6 is 0 Å². The SMILES string of the molecule is CN(C)C(=O)O[C@@H]1CC[C@H](C(=O)N2CC[C@H](c3ccccc3)C2)[C@@H](C(=O)NO)C1.